The number of carbonyl (C=O) groups excluding carboxylic acids is 1. The summed E-state index contributed by atoms with van der Waals surface area (Å²) in [6.45, 7) is 0. The molecule has 0 aliphatic carbocycles. The Labute approximate surface area is 131 Å². The molecule has 1 aliphatic rings. The smallest absolute Gasteiger partial charge is 0.389 e. The number of nitrogens with two attached hydrogens (primary N) is 1. The van der Waals surface area contributed by atoms with Crippen LogP contribution in [0.3, 0.4) is 0 Å². The van der Waals surface area contributed by atoms with E-state index < -0.39 is 6.09 Å². The Kier molecular flexibility index (Phi) is 3.76. The van der Waals surface area contributed by atoms with Crippen molar-refractivity contribution in [1.82, 2.24) is 0 Å². The number of halogens is 1. The summed E-state index contributed by atoms with van der Waals surface area (Å²) < 4.78 is 5.19. The van der Waals surface area contributed by atoms with Gasteiger partial charge in [-0.1, -0.05) is 35.9 Å². The highest BCUT2D eigenvalue weighted by atomic mass is 35.5. The fraction of sp³-hybridized carbons (Fsp3) is 0. The Hall–Kier alpha value is -2.86. The Bertz CT molecular complexity index is 802. The zero-order valence-electron chi connectivity index (χ0n) is 11.3. The Balaban J connectivity index is 1.75. The van der Waals surface area contributed by atoms with Crippen LogP contribution in [-0.4, -0.2) is 17.7 Å². The largest absolute Gasteiger partial charge is 0.418 e. The van der Waals surface area contributed by atoms with Gasteiger partial charge in [-0.3, -0.25) is 5.32 Å². The summed E-state index contributed by atoms with van der Waals surface area (Å²) >= 11 is 5.85. The first-order chi connectivity index (χ1) is 10.7. The number of hydrazone groups is 1. The van der Waals surface area contributed by atoms with E-state index in [-0.39, 0.29) is 5.90 Å². The van der Waals surface area contributed by atoms with Crippen molar-refractivity contribution in [2.24, 2.45) is 15.9 Å². The molecule has 1 amide bonds. The van der Waals surface area contributed by atoms with Crippen LogP contribution in [0, 0.1) is 0 Å². The van der Waals surface area contributed by atoms with Gasteiger partial charge in [0.15, 0.2) is 5.71 Å². The number of hydrogen-bond donors (Lipinski definition) is 2. The number of aliphatic imine (C=N–C) groups is 1. The molecule has 0 unspecified atom stereocenters. The molecule has 0 saturated heterocycles. The second kappa shape index (κ2) is 5.87. The lowest BCUT2D eigenvalue weighted by Crippen LogP contribution is -2.24. The van der Waals surface area contributed by atoms with Crippen LogP contribution in [0.2, 0.25) is 5.02 Å². The molecule has 2 aromatic carbocycles. The van der Waals surface area contributed by atoms with Gasteiger partial charge in [0.1, 0.15) is 0 Å². The maximum absolute atomic E-state index is 11.9. The predicted molar refractivity (Wildman–Crippen MR) is 85.8 cm³/mol. The second-order valence-electron chi connectivity index (χ2n) is 4.44. The van der Waals surface area contributed by atoms with Gasteiger partial charge < -0.3 is 10.6 Å². The minimum absolute atomic E-state index is 0.0585. The van der Waals surface area contributed by atoms with E-state index in [0.29, 0.717) is 22.1 Å². The molecule has 0 fully saturated rings. The molecule has 3 rings (SSSR count). The van der Waals surface area contributed by atoms with Crippen molar-refractivity contribution in [1.29, 1.82) is 0 Å². The van der Waals surface area contributed by atoms with Crippen LogP contribution in [0.1, 0.15) is 5.56 Å². The molecule has 110 valence electrons. The highest BCUT2D eigenvalue weighted by Crippen LogP contribution is 2.27. The Morgan fingerprint density at radius 1 is 1.23 bits per heavy atom. The molecule has 0 atom stereocenters. The van der Waals surface area contributed by atoms with Gasteiger partial charge in [0.25, 0.3) is 5.90 Å². The zero-order valence-corrected chi connectivity index (χ0v) is 12.0. The molecule has 0 spiro atoms. The predicted octanol–water partition coefficient (Wildman–Crippen LogP) is 3.30. The highest BCUT2D eigenvalue weighted by molar-refractivity contribution is 6.50. The van der Waals surface area contributed by atoms with Gasteiger partial charge in [0, 0.05) is 16.3 Å². The number of hydrogen-bond acceptors (Lipinski definition) is 5. The SMILES string of the molecule is N/N=C1\C(OC(=O)Nc2cccc(Cl)c2)=Nc2ccccc21. The number of amides is 1. The summed E-state index contributed by atoms with van der Waals surface area (Å²) in [4.78, 5) is 16.1. The molecule has 6 nitrogen and oxygen atoms in total. The molecule has 1 heterocycles. The van der Waals surface area contributed by atoms with Gasteiger partial charge in [-0.2, -0.15) is 5.10 Å². The number of rotatable bonds is 1. The number of benzene rings is 2. The van der Waals surface area contributed by atoms with E-state index >= 15 is 0 Å². The topological polar surface area (TPSA) is 89.1 Å². The first-order valence-electron chi connectivity index (χ1n) is 6.38. The first-order valence-corrected chi connectivity index (χ1v) is 6.76. The minimum Gasteiger partial charge on any atom is -0.389 e. The van der Waals surface area contributed by atoms with Gasteiger partial charge in [-0.05, 0) is 24.3 Å². The van der Waals surface area contributed by atoms with Crippen molar-refractivity contribution >= 4 is 40.7 Å². The number of nitrogens with one attached hydrogen (secondary N) is 1. The molecule has 7 heteroatoms. The van der Waals surface area contributed by atoms with Crippen molar-refractivity contribution in [3.05, 3.63) is 59.1 Å². The third kappa shape index (κ3) is 2.77. The summed E-state index contributed by atoms with van der Waals surface area (Å²) in [5.74, 6) is 5.42. The van der Waals surface area contributed by atoms with Gasteiger partial charge >= 0.3 is 6.09 Å². The molecule has 0 saturated carbocycles. The Morgan fingerprint density at radius 2 is 2.05 bits per heavy atom. The lowest BCUT2D eigenvalue weighted by Gasteiger charge is -2.06. The average molecular weight is 315 g/mol. The molecule has 0 aromatic heterocycles. The average Bonchev–Trinajstić information content (AvgIpc) is 2.83. The van der Waals surface area contributed by atoms with Crippen molar-refractivity contribution in [3.63, 3.8) is 0 Å². The molecular weight excluding hydrogens is 304 g/mol. The molecule has 3 N–H and O–H groups in total. The molecular formula is C15H11ClN4O2. The summed E-state index contributed by atoms with van der Waals surface area (Å²) in [7, 11) is 0. The Morgan fingerprint density at radius 3 is 2.82 bits per heavy atom. The van der Waals surface area contributed by atoms with Crippen LogP contribution in [0.5, 0.6) is 0 Å². The quantitative estimate of drug-likeness (QED) is 0.625. The maximum atomic E-state index is 11.9. The van der Waals surface area contributed by atoms with Crippen LogP contribution in [0.25, 0.3) is 0 Å². The minimum atomic E-state index is -0.699. The summed E-state index contributed by atoms with van der Waals surface area (Å²) in [5.41, 5.74) is 2.21. The third-order valence-electron chi connectivity index (χ3n) is 2.97. The van der Waals surface area contributed by atoms with E-state index in [1.165, 1.54) is 0 Å². The van der Waals surface area contributed by atoms with E-state index in [9.17, 15) is 4.79 Å². The van der Waals surface area contributed by atoms with Crippen LogP contribution in [0.15, 0.2) is 58.6 Å². The van der Waals surface area contributed by atoms with E-state index in [1.54, 1.807) is 36.4 Å². The molecule has 22 heavy (non-hydrogen) atoms. The van der Waals surface area contributed by atoms with Gasteiger partial charge in [-0.25, -0.2) is 9.79 Å². The fourth-order valence-corrected chi connectivity index (χ4v) is 2.23. The van der Waals surface area contributed by atoms with Crippen molar-refractivity contribution < 1.29 is 9.53 Å². The number of carbonyl (C=O) groups is 1. The van der Waals surface area contributed by atoms with Crippen molar-refractivity contribution in [2.75, 3.05) is 5.32 Å². The summed E-state index contributed by atoms with van der Waals surface area (Å²) in [6.07, 6.45) is -0.699. The molecule has 0 bridgehead atoms. The second-order valence-corrected chi connectivity index (χ2v) is 4.87. The highest BCUT2D eigenvalue weighted by Gasteiger charge is 2.26. The van der Waals surface area contributed by atoms with Crippen LogP contribution < -0.4 is 11.2 Å². The number of fused-ring (bicyclic) bond motifs is 1. The van der Waals surface area contributed by atoms with Crippen LogP contribution >= 0.6 is 11.6 Å². The monoisotopic (exact) mass is 314 g/mol. The lowest BCUT2D eigenvalue weighted by atomic mass is 10.1. The normalized spacial score (nSPS) is 14.4. The first kappa shape index (κ1) is 14.1. The van der Waals surface area contributed by atoms with Gasteiger partial charge in [0.2, 0.25) is 0 Å². The number of nitrogens with zero attached hydrogens (tertiary/aromatic N) is 2. The maximum Gasteiger partial charge on any atom is 0.418 e. The van der Waals surface area contributed by atoms with Gasteiger partial charge in [-0.15, -0.1) is 0 Å². The molecule has 0 radical (unpaired) electrons. The summed E-state index contributed by atoms with van der Waals surface area (Å²) in [6, 6.07) is 14.0. The van der Waals surface area contributed by atoms with Crippen molar-refractivity contribution in [3.8, 4) is 0 Å². The van der Waals surface area contributed by atoms with E-state index in [0.717, 1.165) is 5.56 Å². The molecule has 2 aromatic rings. The zero-order chi connectivity index (χ0) is 15.5. The number of ether oxygens (including phenoxy) is 1. The van der Waals surface area contributed by atoms with Gasteiger partial charge in [0.05, 0.1) is 5.69 Å². The lowest BCUT2D eigenvalue weighted by molar-refractivity contribution is 0.213. The van der Waals surface area contributed by atoms with E-state index in [1.807, 2.05) is 12.1 Å². The standard InChI is InChI=1S/C15H11ClN4O2/c16-9-4-3-5-10(8-9)18-15(21)22-14-13(20-17)11-6-1-2-7-12(11)19-14/h1-8H,17H2,(H,18,21)/b20-13-. The van der Waals surface area contributed by atoms with Crippen LogP contribution in [0.4, 0.5) is 16.2 Å². The number of para-hydroxylation sites is 1. The van der Waals surface area contributed by atoms with E-state index in [4.69, 9.17) is 22.2 Å². The molecule has 1 aliphatic heterocycles. The van der Waals surface area contributed by atoms with E-state index in [2.05, 4.69) is 15.4 Å². The fourth-order valence-electron chi connectivity index (χ4n) is 2.04. The van der Waals surface area contributed by atoms with Crippen LogP contribution in [-0.2, 0) is 4.74 Å². The summed E-state index contributed by atoms with van der Waals surface area (Å²) in [5, 5.41) is 6.71. The third-order valence-corrected chi connectivity index (χ3v) is 3.21. The van der Waals surface area contributed by atoms with Crippen molar-refractivity contribution in [2.45, 2.75) is 0 Å². The number of anilines is 1.